The highest BCUT2D eigenvalue weighted by atomic mass is 16.2. The van der Waals surface area contributed by atoms with Gasteiger partial charge in [-0.1, -0.05) is 0 Å². The van der Waals surface area contributed by atoms with Crippen LogP contribution in [0.25, 0.3) is 11.1 Å². The van der Waals surface area contributed by atoms with Gasteiger partial charge in [-0.05, 0) is 113 Å². The number of piperazine rings is 1. The summed E-state index contributed by atoms with van der Waals surface area (Å²) in [6.07, 6.45) is 6.46. The number of hydrogen-bond donors (Lipinski definition) is 2. The van der Waals surface area contributed by atoms with E-state index >= 15 is 0 Å². The summed E-state index contributed by atoms with van der Waals surface area (Å²) in [7, 11) is 0. The Hall–Kier alpha value is -3.98. The van der Waals surface area contributed by atoms with Crippen molar-refractivity contribution >= 4 is 23.3 Å². The fourth-order valence-corrected chi connectivity index (χ4v) is 6.61. The first-order valence-electron chi connectivity index (χ1n) is 16.5. The Labute approximate surface area is 266 Å². The molecule has 2 aromatic heterocycles. The van der Waals surface area contributed by atoms with Crippen LogP contribution in [-0.4, -0.2) is 66.0 Å². The molecule has 2 aliphatic carbocycles. The van der Waals surface area contributed by atoms with Crippen molar-refractivity contribution in [2.45, 2.75) is 66.8 Å². The Balaban J connectivity index is 1.30. The Kier molecular flexibility index (Phi) is 8.82. The number of nitrogens with one attached hydrogen (secondary N) is 2. The first-order chi connectivity index (χ1) is 21.6. The number of nitrogens with zero attached hydrogens (tertiary/aromatic N) is 4. The van der Waals surface area contributed by atoms with Gasteiger partial charge in [-0.3, -0.25) is 19.3 Å². The number of benzene rings is 1. The Morgan fingerprint density at radius 1 is 0.956 bits per heavy atom. The van der Waals surface area contributed by atoms with Gasteiger partial charge in [0.1, 0.15) is 5.82 Å². The molecule has 0 spiro atoms. The molecule has 238 valence electrons. The number of carbonyl (C=O) groups is 2. The van der Waals surface area contributed by atoms with Crippen LogP contribution in [0.4, 0.5) is 11.5 Å². The number of amides is 2. The first-order valence-corrected chi connectivity index (χ1v) is 16.5. The second kappa shape index (κ2) is 12.8. The van der Waals surface area contributed by atoms with Crippen molar-refractivity contribution in [3.8, 4) is 11.1 Å². The monoisotopic (exact) mass is 610 g/mol. The van der Waals surface area contributed by atoms with E-state index < -0.39 is 0 Å². The van der Waals surface area contributed by atoms with Crippen LogP contribution in [0.15, 0.2) is 35.3 Å². The van der Waals surface area contributed by atoms with E-state index in [0.29, 0.717) is 17.7 Å². The predicted molar refractivity (Wildman–Crippen MR) is 179 cm³/mol. The van der Waals surface area contributed by atoms with Gasteiger partial charge in [-0.15, -0.1) is 0 Å². The van der Waals surface area contributed by atoms with Crippen molar-refractivity contribution < 1.29 is 9.59 Å². The summed E-state index contributed by atoms with van der Waals surface area (Å²) in [5.74, 6) is 1.79. The number of rotatable bonds is 10. The number of anilines is 2. The summed E-state index contributed by atoms with van der Waals surface area (Å²) >= 11 is 0. The highest BCUT2D eigenvalue weighted by molar-refractivity contribution is 6.03. The molecule has 3 heterocycles. The quantitative estimate of drug-likeness (QED) is 0.339. The molecule has 0 unspecified atom stereocenters. The minimum absolute atomic E-state index is 0.0504. The lowest BCUT2D eigenvalue weighted by molar-refractivity contribution is -0.119. The average molecular weight is 611 g/mol. The van der Waals surface area contributed by atoms with E-state index in [2.05, 4.69) is 33.1 Å². The number of aromatic nitrogens is 2. The second-order valence-electron chi connectivity index (χ2n) is 13.2. The van der Waals surface area contributed by atoms with Gasteiger partial charge in [0.15, 0.2) is 0 Å². The molecule has 0 bridgehead atoms. The van der Waals surface area contributed by atoms with E-state index in [1.807, 2.05) is 57.0 Å². The van der Waals surface area contributed by atoms with Crippen LogP contribution in [-0.2, 0) is 11.3 Å². The number of aromatic amines is 1. The number of pyridine rings is 2. The molecule has 2 saturated carbocycles. The van der Waals surface area contributed by atoms with Crippen LogP contribution in [0.5, 0.6) is 0 Å². The van der Waals surface area contributed by atoms with Crippen LogP contribution in [0.1, 0.15) is 70.9 Å². The smallest absolute Gasteiger partial charge is 0.253 e. The van der Waals surface area contributed by atoms with Crippen LogP contribution < -0.4 is 20.7 Å². The van der Waals surface area contributed by atoms with E-state index in [1.54, 1.807) is 0 Å². The Morgan fingerprint density at radius 3 is 2.31 bits per heavy atom. The lowest BCUT2D eigenvalue weighted by Gasteiger charge is -2.36. The maximum absolute atomic E-state index is 13.8. The largest absolute Gasteiger partial charge is 0.354 e. The molecule has 0 atom stereocenters. The predicted octanol–water partition coefficient (Wildman–Crippen LogP) is 4.90. The third-order valence-corrected chi connectivity index (χ3v) is 9.61. The molecule has 3 aromatic rings. The maximum Gasteiger partial charge on any atom is 0.253 e. The van der Waals surface area contributed by atoms with Crippen LogP contribution >= 0.6 is 0 Å². The Bertz CT molecular complexity index is 1660. The van der Waals surface area contributed by atoms with Crippen LogP contribution in [0.2, 0.25) is 0 Å². The Morgan fingerprint density at radius 2 is 1.69 bits per heavy atom. The molecule has 6 rings (SSSR count). The van der Waals surface area contributed by atoms with Crippen molar-refractivity contribution in [2.75, 3.05) is 49.1 Å². The summed E-state index contributed by atoms with van der Waals surface area (Å²) in [4.78, 5) is 54.3. The molecule has 9 nitrogen and oxygen atoms in total. The minimum Gasteiger partial charge on any atom is -0.354 e. The van der Waals surface area contributed by atoms with Crippen LogP contribution in [0.3, 0.4) is 0 Å². The molecule has 2 amide bonds. The number of H-pyrrole nitrogens is 1. The lowest BCUT2D eigenvalue weighted by Crippen LogP contribution is -2.47. The number of aryl methyl sites for hydroxylation is 3. The molecular weight excluding hydrogens is 564 g/mol. The molecule has 1 aromatic carbocycles. The van der Waals surface area contributed by atoms with E-state index in [1.165, 1.54) is 19.4 Å². The molecule has 3 fully saturated rings. The normalized spacial score (nSPS) is 17.0. The van der Waals surface area contributed by atoms with Gasteiger partial charge in [0.2, 0.25) is 5.91 Å². The SMILES string of the molecule is CCN(C(=O)C1CC1)c1cc(-c2cnc(N3CCN(CC4CC4)CC3)c(C)c2)cc(C(=O)NCc2c(C)cc(C)[nH]c2=O)c1C. The lowest BCUT2D eigenvalue weighted by atomic mass is 9.96. The minimum atomic E-state index is -0.282. The van der Waals surface area contributed by atoms with Crippen molar-refractivity contribution in [2.24, 2.45) is 11.8 Å². The van der Waals surface area contributed by atoms with Crippen LogP contribution in [0, 0.1) is 39.5 Å². The van der Waals surface area contributed by atoms with E-state index in [0.717, 1.165) is 90.0 Å². The molecule has 2 N–H and O–H groups in total. The molecule has 45 heavy (non-hydrogen) atoms. The molecule has 1 saturated heterocycles. The summed E-state index contributed by atoms with van der Waals surface area (Å²) in [6.45, 7) is 15.6. The van der Waals surface area contributed by atoms with Crippen molar-refractivity contribution in [3.05, 3.63) is 74.3 Å². The van der Waals surface area contributed by atoms with Crippen molar-refractivity contribution in [3.63, 3.8) is 0 Å². The molecule has 0 radical (unpaired) electrons. The fourth-order valence-electron chi connectivity index (χ4n) is 6.61. The van der Waals surface area contributed by atoms with Crippen molar-refractivity contribution in [1.82, 2.24) is 20.2 Å². The summed E-state index contributed by atoms with van der Waals surface area (Å²) < 4.78 is 0. The molecular formula is C36H46N6O3. The highest BCUT2D eigenvalue weighted by Gasteiger charge is 2.34. The second-order valence-corrected chi connectivity index (χ2v) is 13.2. The zero-order valence-corrected chi connectivity index (χ0v) is 27.3. The van der Waals surface area contributed by atoms with E-state index in [9.17, 15) is 14.4 Å². The van der Waals surface area contributed by atoms with Gasteiger partial charge in [-0.2, -0.15) is 0 Å². The third kappa shape index (κ3) is 6.83. The topological polar surface area (TPSA) is 102 Å². The van der Waals surface area contributed by atoms with E-state index in [-0.39, 0.29) is 29.8 Å². The third-order valence-electron chi connectivity index (χ3n) is 9.61. The van der Waals surface area contributed by atoms with Gasteiger partial charge in [0.25, 0.3) is 11.5 Å². The number of carbonyl (C=O) groups excluding carboxylic acids is 2. The molecule has 9 heteroatoms. The van der Waals surface area contributed by atoms with Crippen molar-refractivity contribution in [1.29, 1.82) is 0 Å². The van der Waals surface area contributed by atoms with Gasteiger partial charge < -0.3 is 20.1 Å². The molecule has 3 aliphatic rings. The average Bonchev–Trinajstić information content (AvgIpc) is 3.94. The first kappa shape index (κ1) is 31.0. The molecule has 1 aliphatic heterocycles. The highest BCUT2D eigenvalue weighted by Crippen LogP contribution is 2.37. The zero-order chi connectivity index (χ0) is 31.8. The zero-order valence-electron chi connectivity index (χ0n) is 27.3. The maximum atomic E-state index is 13.8. The standard InChI is InChI=1S/C36H46N6O3/c1-6-42(36(45)27-9-10-27)32-18-28(17-30(25(32)5)34(43)38-20-31-22(2)15-24(4)39-35(31)44)29-16-23(3)33(37-19-29)41-13-11-40(12-14-41)21-26-7-8-26/h15-19,26-27H,6-14,20-21H2,1-5H3,(H,38,43)(H,39,44). The fraction of sp³-hybridized carbons (Fsp3) is 0.500. The van der Waals surface area contributed by atoms with E-state index in [4.69, 9.17) is 4.98 Å². The summed E-state index contributed by atoms with van der Waals surface area (Å²) in [5, 5.41) is 2.98. The summed E-state index contributed by atoms with van der Waals surface area (Å²) in [6, 6.07) is 7.96. The van der Waals surface area contributed by atoms with Gasteiger partial charge in [0.05, 0.1) is 0 Å². The van der Waals surface area contributed by atoms with Gasteiger partial charge in [0, 0.05) is 86.0 Å². The number of hydrogen-bond acceptors (Lipinski definition) is 6. The summed E-state index contributed by atoms with van der Waals surface area (Å²) in [5.41, 5.74) is 6.76. The van der Waals surface area contributed by atoms with Gasteiger partial charge >= 0.3 is 0 Å². The van der Waals surface area contributed by atoms with Gasteiger partial charge in [-0.25, -0.2) is 4.98 Å².